The van der Waals surface area contributed by atoms with Crippen molar-refractivity contribution in [1.82, 2.24) is 19.6 Å². The van der Waals surface area contributed by atoms with Crippen molar-refractivity contribution in [3.8, 4) is 0 Å². The molecule has 26 heavy (non-hydrogen) atoms. The normalized spacial score (nSPS) is 36.0. The molecule has 152 valence electrons. The molecule has 3 fully saturated rings. The van der Waals surface area contributed by atoms with Gasteiger partial charge in [-0.15, -0.1) is 0 Å². The molecule has 3 aliphatic rings. The fourth-order valence-corrected chi connectivity index (χ4v) is 5.82. The molecule has 0 saturated carbocycles. The summed E-state index contributed by atoms with van der Waals surface area (Å²) in [5.41, 5.74) is 0. The van der Waals surface area contributed by atoms with Crippen LogP contribution in [0.2, 0.25) is 0 Å². The summed E-state index contributed by atoms with van der Waals surface area (Å²) in [5.74, 6) is 3.55. The van der Waals surface area contributed by atoms with E-state index in [4.69, 9.17) is 0 Å². The highest BCUT2D eigenvalue weighted by Gasteiger charge is 2.25. The van der Waals surface area contributed by atoms with E-state index in [1.165, 1.54) is 91.4 Å². The third kappa shape index (κ3) is 6.47. The standard InChI is InChI=1S/C22H44N4/c1-19-12-20(2)15-25(14-19)7-5-6-23-8-9-24(18-23)10-11-26-16-21(3)13-22(4)17-26/h19-22H,5-18H2,1-4H3. The largest absolute Gasteiger partial charge is 0.303 e. The first-order valence-corrected chi connectivity index (χ1v) is 11.4. The number of hydrogen-bond acceptors (Lipinski definition) is 4. The minimum absolute atomic E-state index is 0.883. The van der Waals surface area contributed by atoms with Crippen LogP contribution in [0.15, 0.2) is 0 Å². The van der Waals surface area contributed by atoms with Gasteiger partial charge in [0.2, 0.25) is 0 Å². The second-order valence-electron chi connectivity index (χ2n) is 10.1. The molecule has 4 heteroatoms. The lowest BCUT2D eigenvalue weighted by Gasteiger charge is -2.36. The Morgan fingerprint density at radius 1 is 0.538 bits per heavy atom. The maximum absolute atomic E-state index is 2.71. The van der Waals surface area contributed by atoms with Crippen molar-refractivity contribution >= 4 is 0 Å². The first kappa shape index (κ1) is 20.6. The predicted octanol–water partition coefficient (Wildman–Crippen LogP) is 2.91. The summed E-state index contributed by atoms with van der Waals surface area (Å²) in [6, 6.07) is 0. The zero-order chi connectivity index (χ0) is 18.5. The summed E-state index contributed by atoms with van der Waals surface area (Å²) >= 11 is 0. The van der Waals surface area contributed by atoms with Crippen LogP contribution in [0.25, 0.3) is 0 Å². The molecule has 0 aromatic carbocycles. The fraction of sp³-hybridized carbons (Fsp3) is 1.00. The van der Waals surface area contributed by atoms with E-state index in [1.807, 2.05) is 0 Å². The van der Waals surface area contributed by atoms with Gasteiger partial charge in [0, 0.05) is 58.9 Å². The van der Waals surface area contributed by atoms with E-state index in [1.54, 1.807) is 0 Å². The first-order valence-electron chi connectivity index (χ1n) is 11.4. The maximum Gasteiger partial charge on any atom is 0.0507 e. The topological polar surface area (TPSA) is 13.0 Å². The van der Waals surface area contributed by atoms with Gasteiger partial charge in [-0.05, 0) is 49.5 Å². The summed E-state index contributed by atoms with van der Waals surface area (Å²) in [7, 11) is 0. The lowest BCUT2D eigenvalue weighted by Crippen LogP contribution is -2.43. The average Bonchev–Trinajstić information content (AvgIpc) is 2.99. The van der Waals surface area contributed by atoms with Crippen LogP contribution < -0.4 is 0 Å². The molecule has 0 N–H and O–H groups in total. The molecule has 4 atom stereocenters. The van der Waals surface area contributed by atoms with Crippen LogP contribution in [0.3, 0.4) is 0 Å². The third-order valence-electron chi connectivity index (χ3n) is 6.70. The molecule has 4 nitrogen and oxygen atoms in total. The van der Waals surface area contributed by atoms with Gasteiger partial charge in [-0.1, -0.05) is 27.7 Å². The molecule has 0 aromatic heterocycles. The van der Waals surface area contributed by atoms with Crippen LogP contribution in [-0.4, -0.2) is 91.7 Å². The molecule has 3 heterocycles. The molecular formula is C22H44N4. The Morgan fingerprint density at radius 3 is 1.46 bits per heavy atom. The number of hydrogen-bond donors (Lipinski definition) is 0. The van der Waals surface area contributed by atoms with E-state index in [2.05, 4.69) is 47.3 Å². The molecular weight excluding hydrogens is 320 g/mol. The van der Waals surface area contributed by atoms with Gasteiger partial charge in [-0.2, -0.15) is 0 Å². The summed E-state index contributed by atoms with van der Waals surface area (Å²) in [4.78, 5) is 10.8. The van der Waals surface area contributed by atoms with Crippen LogP contribution in [0.5, 0.6) is 0 Å². The van der Waals surface area contributed by atoms with Crippen LogP contribution in [0.1, 0.15) is 47.0 Å². The Hall–Kier alpha value is -0.160. The summed E-state index contributed by atoms with van der Waals surface area (Å²) in [6.07, 6.45) is 4.18. The zero-order valence-corrected chi connectivity index (χ0v) is 18.0. The molecule has 0 radical (unpaired) electrons. The molecule has 3 aliphatic heterocycles. The van der Waals surface area contributed by atoms with Crippen molar-refractivity contribution in [1.29, 1.82) is 0 Å². The van der Waals surface area contributed by atoms with Crippen molar-refractivity contribution in [2.45, 2.75) is 47.0 Å². The van der Waals surface area contributed by atoms with Gasteiger partial charge in [0.1, 0.15) is 0 Å². The second kappa shape index (κ2) is 9.86. The van der Waals surface area contributed by atoms with Crippen molar-refractivity contribution in [3.05, 3.63) is 0 Å². The van der Waals surface area contributed by atoms with Crippen LogP contribution >= 0.6 is 0 Å². The van der Waals surface area contributed by atoms with Gasteiger partial charge in [-0.3, -0.25) is 9.80 Å². The molecule has 3 saturated heterocycles. The molecule has 0 amide bonds. The summed E-state index contributed by atoms with van der Waals surface area (Å²) in [6.45, 7) is 23.8. The van der Waals surface area contributed by atoms with E-state index in [-0.39, 0.29) is 0 Å². The molecule has 3 rings (SSSR count). The first-order chi connectivity index (χ1) is 12.5. The van der Waals surface area contributed by atoms with Gasteiger partial charge in [0.15, 0.2) is 0 Å². The quantitative estimate of drug-likeness (QED) is 0.688. The number of likely N-dealkylation sites (tertiary alicyclic amines) is 2. The SMILES string of the molecule is CC1CC(C)CN(CCCN2CCN(CCN3CC(C)CC(C)C3)C2)C1. The van der Waals surface area contributed by atoms with Crippen molar-refractivity contribution < 1.29 is 0 Å². The molecule has 4 unspecified atom stereocenters. The number of nitrogens with zero attached hydrogens (tertiary/aromatic N) is 4. The van der Waals surface area contributed by atoms with E-state index in [0.29, 0.717) is 0 Å². The van der Waals surface area contributed by atoms with Crippen molar-refractivity contribution in [3.63, 3.8) is 0 Å². The average molecular weight is 365 g/mol. The van der Waals surface area contributed by atoms with Gasteiger partial charge in [-0.25, -0.2) is 0 Å². The van der Waals surface area contributed by atoms with Gasteiger partial charge in [0.05, 0.1) is 6.67 Å². The minimum Gasteiger partial charge on any atom is -0.303 e. The Labute approximate surface area is 162 Å². The Balaban J connectivity index is 1.28. The Morgan fingerprint density at radius 2 is 0.923 bits per heavy atom. The van der Waals surface area contributed by atoms with E-state index in [9.17, 15) is 0 Å². The van der Waals surface area contributed by atoms with Gasteiger partial charge < -0.3 is 9.80 Å². The smallest absolute Gasteiger partial charge is 0.0507 e. The summed E-state index contributed by atoms with van der Waals surface area (Å²) in [5, 5.41) is 0. The third-order valence-corrected chi connectivity index (χ3v) is 6.70. The number of rotatable bonds is 7. The van der Waals surface area contributed by atoms with E-state index in [0.717, 1.165) is 23.7 Å². The van der Waals surface area contributed by atoms with Gasteiger partial charge >= 0.3 is 0 Å². The van der Waals surface area contributed by atoms with Crippen molar-refractivity contribution in [2.24, 2.45) is 23.7 Å². The summed E-state index contributed by atoms with van der Waals surface area (Å²) < 4.78 is 0. The predicted molar refractivity (Wildman–Crippen MR) is 111 cm³/mol. The molecule has 0 spiro atoms. The lowest BCUT2D eigenvalue weighted by atomic mass is 9.92. The van der Waals surface area contributed by atoms with Gasteiger partial charge in [0.25, 0.3) is 0 Å². The van der Waals surface area contributed by atoms with Crippen LogP contribution in [-0.2, 0) is 0 Å². The highest BCUT2D eigenvalue weighted by atomic mass is 15.4. The molecule has 0 aromatic rings. The molecule has 0 aliphatic carbocycles. The Bertz CT molecular complexity index is 395. The monoisotopic (exact) mass is 364 g/mol. The molecule has 0 bridgehead atoms. The fourth-order valence-electron chi connectivity index (χ4n) is 5.82. The maximum atomic E-state index is 2.71. The zero-order valence-electron chi connectivity index (χ0n) is 18.0. The number of piperidine rings is 2. The van der Waals surface area contributed by atoms with E-state index >= 15 is 0 Å². The highest BCUT2D eigenvalue weighted by Crippen LogP contribution is 2.22. The second-order valence-corrected chi connectivity index (χ2v) is 10.1. The minimum atomic E-state index is 0.883. The Kier molecular flexibility index (Phi) is 7.80. The van der Waals surface area contributed by atoms with Crippen LogP contribution in [0, 0.1) is 23.7 Å². The highest BCUT2D eigenvalue weighted by molar-refractivity contribution is 4.78. The lowest BCUT2D eigenvalue weighted by molar-refractivity contribution is 0.120. The van der Waals surface area contributed by atoms with Crippen LogP contribution in [0.4, 0.5) is 0 Å². The van der Waals surface area contributed by atoms with Crippen molar-refractivity contribution in [2.75, 3.05) is 72.1 Å². The van der Waals surface area contributed by atoms with E-state index < -0.39 is 0 Å².